The number of ketones is 1. The third-order valence-corrected chi connectivity index (χ3v) is 4.90. The van der Waals surface area contributed by atoms with Crippen molar-refractivity contribution in [3.63, 3.8) is 0 Å². The van der Waals surface area contributed by atoms with Crippen molar-refractivity contribution in [1.29, 1.82) is 0 Å². The Kier molecular flexibility index (Phi) is 6.97. The molecule has 7 heteroatoms. The zero-order chi connectivity index (χ0) is 19.8. The molecule has 0 radical (unpaired) electrons. The molecule has 0 unspecified atom stereocenters. The van der Waals surface area contributed by atoms with Crippen LogP contribution in [0.15, 0.2) is 70.3 Å². The minimum absolute atomic E-state index is 0.0786. The number of nitrogens with one attached hydrogen (secondary N) is 1. The molecular weight excluding hydrogens is 374 g/mol. The number of hydrogen-bond acceptors (Lipinski definition) is 6. The minimum atomic E-state index is -0.549. The van der Waals surface area contributed by atoms with E-state index in [1.54, 1.807) is 0 Å². The monoisotopic (exact) mass is 395 g/mol. The molecular formula is C21H21N3O3S. The normalized spacial score (nSPS) is 11.8. The van der Waals surface area contributed by atoms with Crippen LogP contribution >= 0.6 is 11.8 Å². The van der Waals surface area contributed by atoms with Crippen molar-refractivity contribution < 1.29 is 14.0 Å². The highest BCUT2D eigenvalue weighted by molar-refractivity contribution is 7.99. The Morgan fingerprint density at radius 2 is 1.64 bits per heavy atom. The fourth-order valence-electron chi connectivity index (χ4n) is 2.65. The number of aromatic nitrogens is 2. The van der Waals surface area contributed by atoms with E-state index < -0.39 is 6.04 Å². The lowest BCUT2D eigenvalue weighted by molar-refractivity contribution is -0.125. The second kappa shape index (κ2) is 9.85. The van der Waals surface area contributed by atoms with Crippen LogP contribution < -0.4 is 5.32 Å². The first-order valence-corrected chi connectivity index (χ1v) is 9.91. The number of benzene rings is 2. The summed E-state index contributed by atoms with van der Waals surface area (Å²) in [5.41, 5.74) is 2.07. The summed E-state index contributed by atoms with van der Waals surface area (Å²) in [6.07, 6.45) is 1.01. The molecule has 0 aliphatic heterocycles. The first-order chi connectivity index (χ1) is 13.6. The highest BCUT2D eigenvalue weighted by Crippen LogP contribution is 2.17. The molecule has 28 heavy (non-hydrogen) atoms. The van der Waals surface area contributed by atoms with Gasteiger partial charge in [0.15, 0.2) is 5.78 Å². The average molecular weight is 395 g/mol. The van der Waals surface area contributed by atoms with E-state index in [4.69, 9.17) is 4.42 Å². The summed E-state index contributed by atoms with van der Waals surface area (Å²) >= 11 is 1.16. The van der Waals surface area contributed by atoms with Crippen LogP contribution in [0.4, 0.5) is 0 Å². The maximum Gasteiger partial charge on any atom is 0.277 e. The zero-order valence-electron chi connectivity index (χ0n) is 15.5. The van der Waals surface area contributed by atoms with Crippen molar-refractivity contribution in [2.24, 2.45) is 0 Å². The van der Waals surface area contributed by atoms with E-state index in [0.717, 1.165) is 22.9 Å². The number of amides is 1. The predicted octanol–water partition coefficient (Wildman–Crippen LogP) is 3.07. The number of thioether (sulfide) groups is 1. The van der Waals surface area contributed by atoms with Gasteiger partial charge >= 0.3 is 0 Å². The summed E-state index contributed by atoms with van der Waals surface area (Å²) in [7, 11) is 0. The molecule has 0 aliphatic rings. The van der Waals surface area contributed by atoms with Crippen LogP contribution in [0, 0.1) is 0 Å². The third-order valence-electron chi connectivity index (χ3n) is 4.08. The molecule has 0 aliphatic carbocycles. The van der Waals surface area contributed by atoms with Crippen LogP contribution in [-0.2, 0) is 22.4 Å². The Labute approximate surface area is 167 Å². The standard InChI is InChI=1S/C21H21N3O3S/c1-15(25)18(12-16-8-4-2-5-9-16)22-19(26)14-28-21-24-23-20(27-21)13-17-10-6-3-7-11-17/h2-11,18H,12-14H2,1H3,(H,22,26)/t18-/m1/s1. The zero-order valence-corrected chi connectivity index (χ0v) is 16.3. The summed E-state index contributed by atoms with van der Waals surface area (Å²) in [6.45, 7) is 1.48. The van der Waals surface area contributed by atoms with Crippen molar-refractivity contribution in [1.82, 2.24) is 15.5 Å². The lowest BCUT2D eigenvalue weighted by Gasteiger charge is -2.15. The van der Waals surface area contributed by atoms with Crippen LogP contribution in [-0.4, -0.2) is 33.7 Å². The van der Waals surface area contributed by atoms with Gasteiger partial charge in [-0.25, -0.2) is 0 Å². The summed E-state index contributed by atoms with van der Waals surface area (Å²) in [5, 5.41) is 11.1. The molecule has 0 saturated carbocycles. The van der Waals surface area contributed by atoms with E-state index in [1.807, 2.05) is 60.7 Å². The maximum absolute atomic E-state index is 12.2. The molecule has 3 rings (SSSR count). The van der Waals surface area contributed by atoms with Gasteiger partial charge in [-0.15, -0.1) is 10.2 Å². The maximum atomic E-state index is 12.2. The van der Waals surface area contributed by atoms with Gasteiger partial charge in [0.1, 0.15) is 0 Å². The van der Waals surface area contributed by atoms with Gasteiger partial charge in [0.2, 0.25) is 11.8 Å². The van der Waals surface area contributed by atoms with Crippen molar-refractivity contribution in [3.05, 3.63) is 77.7 Å². The van der Waals surface area contributed by atoms with Crippen LogP contribution in [0.1, 0.15) is 23.9 Å². The minimum Gasteiger partial charge on any atom is -0.416 e. The van der Waals surface area contributed by atoms with Gasteiger partial charge in [-0.3, -0.25) is 9.59 Å². The highest BCUT2D eigenvalue weighted by Gasteiger charge is 2.18. The van der Waals surface area contributed by atoms with E-state index in [-0.39, 0.29) is 17.4 Å². The number of carbonyl (C=O) groups excluding carboxylic acids is 2. The van der Waals surface area contributed by atoms with E-state index in [2.05, 4.69) is 15.5 Å². The van der Waals surface area contributed by atoms with Gasteiger partial charge in [-0.05, 0) is 24.5 Å². The molecule has 2 aromatic carbocycles. The first kappa shape index (κ1) is 19.8. The van der Waals surface area contributed by atoms with Gasteiger partial charge in [-0.1, -0.05) is 72.4 Å². The predicted molar refractivity (Wildman–Crippen MR) is 107 cm³/mol. The smallest absolute Gasteiger partial charge is 0.277 e. The molecule has 1 atom stereocenters. The molecule has 6 nitrogen and oxygen atoms in total. The Hall–Kier alpha value is -2.93. The molecule has 1 amide bonds. The van der Waals surface area contributed by atoms with Crippen molar-refractivity contribution in [2.45, 2.75) is 31.0 Å². The quantitative estimate of drug-likeness (QED) is 0.561. The summed E-state index contributed by atoms with van der Waals surface area (Å²) in [5.74, 6) is 0.278. The first-order valence-electron chi connectivity index (χ1n) is 8.93. The second-order valence-electron chi connectivity index (χ2n) is 6.33. The van der Waals surface area contributed by atoms with Gasteiger partial charge in [0.05, 0.1) is 18.2 Å². The molecule has 1 aromatic heterocycles. The number of nitrogens with zero attached hydrogens (tertiary/aromatic N) is 2. The lowest BCUT2D eigenvalue weighted by Crippen LogP contribution is -2.42. The molecule has 0 bridgehead atoms. The van der Waals surface area contributed by atoms with Gasteiger partial charge in [-0.2, -0.15) is 0 Å². The number of hydrogen-bond donors (Lipinski definition) is 1. The molecule has 0 fully saturated rings. The molecule has 0 spiro atoms. The van der Waals surface area contributed by atoms with Gasteiger partial charge in [0.25, 0.3) is 5.22 Å². The molecule has 144 valence electrons. The Morgan fingerprint density at radius 3 is 2.29 bits per heavy atom. The third kappa shape index (κ3) is 6.06. The van der Waals surface area contributed by atoms with Crippen LogP contribution in [0.25, 0.3) is 0 Å². The fourth-order valence-corrected chi connectivity index (χ4v) is 3.24. The highest BCUT2D eigenvalue weighted by atomic mass is 32.2. The van der Waals surface area contributed by atoms with Crippen molar-refractivity contribution >= 4 is 23.5 Å². The SMILES string of the molecule is CC(=O)[C@@H](Cc1ccccc1)NC(=O)CSc1nnc(Cc2ccccc2)o1. The van der Waals surface area contributed by atoms with Gasteiger partial charge < -0.3 is 9.73 Å². The molecule has 1 N–H and O–H groups in total. The van der Waals surface area contributed by atoms with E-state index in [1.165, 1.54) is 6.92 Å². The fraction of sp³-hybridized carbons (Fsp3) is 0.238. The number of Topliss-reactive ketones (excluding diaryl/α,β-unsaturated/α-hetero) is 1. The van der Waals surface area contributed by atoms with E-state index in [0.29, 0.717) is 24.0 Å². The Bertz CT molecular complexity index is 913. The largest absolute Gasteiger partial charge is 0.416 e. The van der Waals surface area contributed by atoms with E-state index in [9.17, 15) is 9.59 Å². The molecule has 0 saturated heterocycles. The van der Waals surface area contributed by atoms with Crippen LogP contribution in [0.3, 0.4) is 0 Å². The van der Waals surface area contributed by atoms with E-state index >= 15 is 0 Å². The van der Waals surface area contributed by atoms with Crippen molar-refractivity contribution in [2.75, 3.05) is 5.75 Å². The summed E-state index contributed by atoms with van der Waals surface area (Å²) < 4.78 is 5.58. The summed E-state index contributed by atoms with van der Waals surface area (Å²) in [6, 6.07) is 18.9. The second-order valence-corrected chi connectivity index (χ2v) is 7.26. The van der Waals surface area contributed by atoms with Crippen LogP contribution in [0.2, 0.25) is 0 Å². The molecule has 1 heterocycles. The number of carbonyl (C=O) groups is 2. The summed E-state index contributed by atoms with van der Waals surface area (Å²) in [4.78, 5) is 24.1. The lowest BCUT2D eigenvalue weighted by atomic mass is 10.0. The molecule has 3 aromatic rings. The number of rotatable bonds is 9. The van der Waals surface area contributed by atoms with Crippen LogP contribution in [0.5, 0.6) is 0 Å². The van der Waals surface area contributed by atoms with Crippen molar-refractivity contribution in [3.8, 4) is 0 Å². The Balaban J connectivity index is 1.50. The average Bonchev–Trinajstić information content (AvgIpc) is 3.15. The topological polar surface area (TPSA) is 85.1 Å². The Morgan fingerprint density at radius 1 is 1.00 bits per heavy atom. The van der Waals surface area contributed by atoms with Gasteiger partial charge in [0, 0.05) is 0 Å².